The zero-order chi connectivity index (χ0) is 13.1. The number of hydrogen-bond acceptors (Lipinski definition) is 4. The van der Waals surface area contributed by atoms with Crippen LogP contribution in [0.3, 0.4) is 0 Å². The molecule has 4 atom stereocenters. The minimum absolute atomic E-state index is 0.0998. The minimum Gasteiger partial charge on any atom is -0.463 e. The van der Waals surface area contributed by atoms with E-state index in [1.165, 1.54) is 0 Å². The Morgan fingerprint density at radius 1 is 1.11 bits per heavy atom. The number of fused-ring (bicyclic) bond motifs is 2. The maximum atomic E-state index is 12.1. The lowest BCUT2D eigenvalue weighted by Gasteiger charge is -2.42. The fourth-order valence-electron chi connectivity index (χ4n) is 3.19. The Morgan fingerprint density at radius 3 is 2.22 bits per heavy atom. The second kappa shape index (κ2) is 5.65. The highest BCUT2D eigenvalue weighted by atomic mass is 16.6. The molecule has 3 aliphatic rings. The maximum absolute atomic E-state index is 12.1. The quantitative estimate of drug-likeness (QED) is 0.423. The largest absolute Gasteiger partial charge is 0.463 e. The highest BCUT2D eigenvalue weighted by Crippen LogP contribution is 2.45. The molecular weight excluding hydrogens is 232 g/mol. The number of ketones is 1. The van der Waals surface area contributed by atoms with Crippen molar-refractivity contribution < 1.29 is 19.1 Å². The maximum Gasteiger partial charge on any atom is 0.310 e. The summed E-state index contributed by atoms with van der Waals surface area (Å²) in [6, 6.07) is 0. The molecule has 4 unspecified atom stereocenters. The summed E-state index contributed by atoms with van der Waals surface area (Å²) in [7, 11) is 1.57. The van der Waals surface area contributed by atoms with Crippen LogP contribution in [0.5, 0.6) is 0 Å². The van der Waals surface area contributed by atoms with E-state index in [-0.39, 0.29) is 42.0 Å². The monoisotopic (exact) mass is 252 g/mol. The molecule has 4 heteroatoms. The molecule has 2 bridgehead atoms. The topological polar surface area (TPSA) is 52.6 Å². The van der Waals surface area contributed by atoms with Crippen molar-refractivity contribution >= 4 is 11.8 Å². The third-order valence-electron chi connectivity index (χ3n) is 4.02. The van der Waals surface area contributed by atoms with E-state index in [0.717, 1.165) is 12.8 Å². The van der Waals surface area contributed by atoms with Gasteiger partial charge in [0.2, 0.25) is 0 Å². The average Bonchev–Trinajstić information content (AvgIpc) is 2.39. The number of methoxy groups -OCH3 is 1. The van der Waals surface area contributed by atoms with E-state index in [2.05, 4.69) is 12.2 Å². The van der Waals surface area contributed by atoms with Crippen LogP contribution in [-0.4, -0.2) is 32.1 Å². The molecule has 0 N–H and O–H groups in total. The van der Waals surface area contributed by atoms with E-state index in [0.29, 0.717) is 6.61 Å². The van der Waals surface area contributed by atoms with Gasteiger partial charge in [-0.15, -0.1) is 0 Å². The Labute approximate surface area is 107 Å². The fourth-order valence-corrected chi connectivity index (χ4v) is 3.19. The zero-order valence-corrected chi connectivity index (χ0v) is 10.9. The number of hydrogen-bond donors (Lipinski definition) is 0. The van der Waals surface area contributed by atoms with Crippen molar-refractivity contribution in [1.29, 1.82) is 0 Å². The SMILES string of the molecule is COCCOC(=O)C1C2C=CC(CC2)C1C(C)=O. The molecule has 0 spiro atoms. The van der Waals surface area contributed by atoms with Gasteiger partial charge in [-0.1, -0.05) is 12.2 Å². The minimum atomic E-state index is -0.289. The molecule has 0 aromatic rings. The number of esters is 1. The second-order valence-electron chi connectivity index (χ2n) is 5.11. The van der Waals surface area contributed by atoms with Crippen molar-refractivity contribution in [2.75, 3.05) is 20.3 Å². The summed E-state index contributed by atoms with van der Waals surface area (Å²) in [5, 5.41) is 0. The van der Waals surface area contributed by atoms with Crippen molar-refractivity contribution in [3.8, 4) is 0 Å². The van der Waals surface area contributed by atoms with Crippen LogP contribution >= 0.6 is 0 Å². The lowest BCUT2D eigenvalue weighted by molar-refractivity contribution is -0.159. The summed E-state index contributed by atoms with van der Waals surface area (Å²) in [5.41, 5.74) is 0. The molecule has 18 heavy (non-hydrogen) atoms. The Morgan fingerprint density at radius 2 is 1.72 bits per heavy atom. The van der Waals surface area contributed by atoms with E-state index >= 15 is 0 Å². The number of carbonyl (C=O) groups is 2. The standard InChI is InChI=1S/C14H20O4/c1-9(15)12-10-3-5-11(6-4-10)13(12)14(16)18-8-7-17-2/h3,5,10-13H,4,6-8H2,1-2H3. The van der Waals surface area contributed by atoms with Gasteiger partial charge in [0.25, 0.3) is 0 Å². The predicted molar refractivity (Wildman–Crippen MR) is 65.9 cm³/mol. The number of Topliss-reactive ketones (excluding diaryl/α,β-unsaturated/α-hetero) is 1. The van der Waals surface area contributed by atoms with Crippen molar-refractivity contribution in [3.63, 3.8) is 0 Å². The van der Waals surface area contributed by atoms with Gasteiger partial charge in [-0.25, -0.2) is 0 Å². The van der Waals surface area contributed by atoms with Gasteiger partial charge in [-0.3, -0.25) is 9.59 Å². The second-order valence-corrected chi connectivity index (χ2v) is 5.11. The molecule has 4 nitrogen and oxygen atoms in total. The normalized spacial score (nSPS) is 33.4. The number of ether oxygens (including phenoxy) is 2. The first-order chi connectivity index (χ1) is 8.65. The number of allylic oxidation sites excluding steroid dienone is 2. The Kier molecular flexibility index (Phi) is 4.17. The molecule has 0 saturated heterocycles. The van der Waals surface area contributed by atoms with Gasteiger partial charge < -0.3 is 9.47 Å². The molecule has 0 amide bonds. The number of carbonyl (C=O) groups excluding carboxylic acids is 2. The van der Waals surface area contributed by atoms with Gasteiger partial charge in [-0.2, -0.15) is 0 Å². The molecule has 0 aliphatic heterocycles. The molecule has 0 aromatic heterocycles. The first-order valence-electron chi connectivity index (χ1n) is 6.49. The molecule has 100 valence electrons. The molecule has 0 radical (unpaired) electrons. The summed E-state index contributed by atoms with van der Waals surface area (Å²) >= 11 is 0. The Hall–Kier alpha value is -1.16. The van der Waals surface area contributed by atoms with Crippen LogP contribution in [0.15, 0.2) is 12.2 Å². The molecular formula is C14H20O4. The Balaban J connectivity index is 2.07. The van der Waals surface area contributed by atoms with Crippen molar-refractivity contribution in [2.24, 2.45) is 23.7 Å². The smallest absolute Gasteiger partial charge is 0.310 e. The summed E-state index contributed by atoms with van der Waals surface area (Å²) in [5.74, 6) is -0.243. The van der Waals surface area contributed by atoms with Crippen LogP contribution in [0.1, 0.15) is 19.8 Å². The van der Waals surface area contributed by atoms with Gasteiger partial charge in [0, 0.05) is 13.0 Å². The highest BCUT2D eigenvalue weighted by Gasteiger charge is 2.47. The van der Waals surface area contributed by atoms with E-state index in [1.54, 1.807) is 14.0 Å². The molecule has 0 aromatic carbocycles. The highest BCUT2D eigenvalue weighted by molar-refractivity contribution is 5.86. The van der Waals surface area contributed by atoms with Crippen molar-refractivity contribution in [1.82, 2.24) is 0 Å². The van der Waals surface area contributed by atoms with Crippen LogP contribution in [0.25, 0.3) is 0 Å². The lowest BCUT2D eigenvalue weighted by Crippen LogP contribution is -2.45. The van der Waals surface area contributed by atoms with Gasteiger partial charge in [0.05, 0.1) is 12.5 Å². The van der Waals surface area contributed by atoms with Crippen LogP contribution in [0.4, 0.5) is 0 Å². The van der Waals surface area contributed by atoms with E-state index in [1.807, 2.05) is 0 Å². The first kappa shape index (κ1) is 13.3. The van der Waals surface area contributed by atoms with Crippen LogP contribution in [-0.2, 0) is 19.1 Å². The Bertz CT molecular complexity index is 361. The van der Waals surface area contributed by atoms with Crippen LogP contribution in [0, 0.1) is 23.7 Å². The molecule has 1 fully saturated rings. The fraction of sp³-hybridized carbons (Fsp3) is 0.714. The van der Waals surface area contributed by atoms with Crippen molar-refractivity contribution in [2.45, 2.75) is 19.8 Å². The first-order valence-corrected chi connectivity index (χ1v) is 6.49. The van der Waals surface area contributed by atoms with Crippen LogP contribution in [0.2, 0.25) is 0 Å². The molecule has 1 saturated carbocycles. The van der Waals surface area contributed by atoms with Crippen LogP contribution < -0.4 is 0 Å². The van der Waals surface area contributed by atoms with E-state index in [4.69, 9.17) is 9.47 Å². The summed E-state index contributed by atoms with van der Waals surface area (Å²) in [6.45, 7) is 2.24. The lowest BCUT2D eigenvalue weighted by atomic mass is 9.61. The van der Waals surface area contributed by atoms with Gasteiger partial charge in [0.15, 0.2) is 0 Å². The average molecular weight is 252 g/mol. The number of rotatable bonds is 5. The molecule has 0 heterocycles. The summed E-state index contributed by atoms with van der Waals surface area (Å²) < 4.78 is 10.1. The van der Waals surface area contributed by atoms with Gasteiger partial charge in [-0.05, 0) is 31.6 Å². The van der Waals surface area contributed by atoms with E-state index in [9.17, 15) is 9.59 Å². The third kappa shape index (κ3) is 2.48. The van der Waals surface area contributed by atoms with Gasteiger partial charge >= 0.3 is 5.97 Å². The third-order valence-corrected chi connectivity index (χ3v) is 4.02. The predicted octanol–water partition coefficient (Wildman–Crippen LogP) is 1.59. The van der Waals surface area contributed by atoms with E-state index < -0.39 is 0 Å². The zero-order valence-electron chi connectivity index (χ0n) is 10.9. The van der Waals surface area contributed by atoms with Gasteiger partial charge in [0.1, 0.15) is 12.4 Å². The molecule has 3 aliphatic carbocycles. The van der Waals surface area contributed by atoms with Crippen molar-refractivity contribution in [3.05, 3.63) is 12.2 Å². The molecule has 3 rings (SSSR count). The summed E-state index contributed by atoms with van der Waals surface area (Å²) in [6.07, 6.45) is 6.16. The summed E-state index contributed by atoms with van der Waals surface area (Å²) in [4.78, 5) is 23.9.